The summed E-state index contributed by atoms with van der Waals surface area (Å²) in [5.41, 5.74) is 0.644. The number of hydrogen-bond donors (Lipinski definition) is 1. The normalized spacial score (nSPS) is 21.9. The smallest absolute Gasteiger partial charge is 0.497 e. The Morgan fingerprint density at radius 1 is 0.944 bits per heavy atom. The van der Waals surface area contributed by atoms with Crippen LogP contribution in [0.25, 0.3) is 11.1 Å². The first kappa shape index (κ1) is 38.7. The molecular weight excluding hydrogens is 728 g/mol. The number of fused-ring (bicyclic) bond motifs is 1. The fourth-order valence-corrected chi connectivity index (χ4v) is 9.65. The number of hydrogen-bond acceptors (Lipinski definition) is 10. The molecule has 54 heavy (non-hydrogen) atoms. The molecule has 4 atom stereocenters. The number of carbonyl (C=O) groups excluding carboxylic acids is 2. The molecule has 2 aliphatic rings. The Balaban J connectivity index is 1.73. The molecule has 0 bridgehead atoms. The van der Waals surface area contributed by atoms with Gasteiger partial charge in [0.05, 0.1) is 31.6 Å². The van der Waals surface area contributed by atoms with Gasteiger partial charge in [0.15, 0.2) is 21.4 Å². The predicted molar refractivity (Wildman–Crippen MR) is 192 cm³/mol. The van der Waals surface area contributed by atoms with Gasteiger partial charge in [-0.3, -0.25) is 19.5 Å². The molecule has 0 spiro atoms. The number of aromatic nitrogens is 1. The van der Waals surface area contributed by atoms with Crippen LogP contribution in [0, 0.1) is 6.92 Å². The lowest BCUT2D eigenvalue weighted by Crippen LogP contribution is -2.58. The largest absolute Gasteiger partial charge is 0.573 e. The van der Waals surface area contributed by atoms with Crippen LogP contribution in [-0.4, -0.2) is 93.4 Å². The van der Waals surface area contributed by atoms with Crippen LogP contribution in [0.5, 0.6) is 17.2 Å². The number of benzene rings is 3. The van der Waals surface area contributed by atoms with Crippen molar-refractivity contribution in [1.29, 1.82) is 0 Å². The van der Waals surface area contributed by atoms with Gasteiger partial charge in [0.25, 0.3) is 0 Å². The van der Waals surface area contributed by atoms with E-state index in [1.165, 1.54) is 25.2 Å². The molecular formula is C39H40F3N3O8S. The van der Waals surface area contributed by atoms with E-state index < -0.39 is 61.5 Å². The van der Waals surface area contributed by atoms with Crippen LogP contribution in [0.4, 0.5) is 13.2 Å². The zero-order valence-corrected chi connectivity index (χ0v) is 31.1. The minimum atomic E-state index is -5.24. The minimum Gasteiger partial charge on any atom is -0.497 e. The van der Waals surface area contributed by atoms with Crippen LogP contribution >= 0.6 is 0 Å². The molecule has 15 heteroatoms. The van der Waals surface area contributed by atoms with Crippen molar-refractivity contribution in [2.24, 2.45) is 0 Å². The first-order valence-corrected chi connectivity index (χ1v) is 18.6. The maximum absolute atomic E-state index is 15.4. The average Bonchev–Trinajstić information content (AvgIpc) is 3.46. The van der Waals surface area contributed by atoms with Crippen molar-refractivity contribution >= 4 is 21.5 Å². The number of Topliss-reactive ketones (excluding diaryl/α,β-unsaturated/α-hetero) is 1. The number of likely N-dealkylation sites (tertiary alicyclic amines) is 1. The molecule has 1 amide bonds. The number of β-amino-alcohol motifs (C(OH)–C–C–N with tert-alkyl or cyclic N) is 1. The summed E-state index contributed by atoms with van der Waals surface area (Å²) >= 11 is 0. The Hall–Kier alpha value is -4.99. The van der Waals surface area contributed by atoms with E-state index in [1.807, 2.05) is 6.92 Å². The molecule has 11 nitrogen and oxygen atoms in total. The summed E-state index contributed by atoms with van der Waals surface area (Å²) < 4.78 is 86.2. The quantitative estimate of drug-likeness (QED) is 0.214. The van der Waals surface area contributed by atoms with E-state index in [-0.39, 0.29) is 48.4 Å². The summed E-state index contributed by atoms with van der Waals surface area (Å²) in [5, 5.41) is 9.66. The maximum atomic E-state index is 15.4. The van der Waals surface area contributed by atoms with Gasteiger partial charge in [-0.05, 0) is 84.5 Å². The maximum Gasteiger partial charge on any atom is 0.573 e. The molecule has 4 aromatic rings. The molecule has 2 unspecified atom stereocenters. The third kappa shape index (κ3) is 6.91. The number of carbonyl (C=O) groups is 2. The van der Waals surface area contributed by atoms with Gasteiger partial charge in [-0.25, -0.2) is 8.42 Å². The van der Waals surface area contributed by atoms with E-state index in [2.05, 4.69) is 9.72 Å². The third-order valence-corrected chi connectivity index (χ3v) is 12.3. The summed E-state index contributed by atoms with van der Waals surface area (Å²) in [5.74, 6) is -1.68. The van der Waals surface area contributed by atoms with Crippen molar-refractivity contribution in [2.45, 2.75) is 60.4 Å². The van der Waals surface area contributed by atoms with Crippen molar-refractivity contribution in [1.82, 2.24) is 14.8 Å². The van der Waals surface area contributed by atoms with Crippen molar-refractivity contribution in [3.8, 4) is 28.4 Å². The fraction of sp³-hybridized carbons (Fsp3) is 0.359. The van der Waals surface area contributed by atoms with E-state index >= 15 is 4.79 Å². The van der Waals surface area contributed by atoms with Crippen molar-refractivity contribution in [3.05, 3.63) is 101 Å². The second kappa shape index (κ2) is 14.7. The molecule has 1 N–H and O–H groups in total. The highest BCUT2D eigenvalue weighted by molar-refractivity contribution is 7.91. The fourth-order valence-electron chi connectivity index (χ4n) is 7.74. The number of rotatable bonds is 9. The standard InChI is InChI=1S/C39H40F3N3O8S/c1-23-6-10-32(52-5)30(18-23)38(45-22-26(46)20-31(45)37(48)44(2)3)29-19-25(24-14-16-43-17-15-24)7-9-28(29)34(12-13-36(38)47)54(49,50)35-11-8-27(51-4)21-33(35)53-39(40,41)42/h6-11,14-19,21,26,31,34,46H,12-13,20,22H2,1-5H3/t26-,31+,34?,38?/m1/s1. The number of sulfone groups is 1. The van der Waals surface area contributed by atoms with Crippen LogP contribution < -0.4 is 14.2 Å². The number of halogens is 3. The second-order valence-corrected chi connectivity index (χ2v) is 15.7. The molecule has 1 aliphatic carbocycles. The lowest BCUT2D eigenvalue weighted by atomic mass is 9.74. The monoisotopic (exact) mass is 767 g/mol. The molecule has 1 fully saturated rings. The van der Waals surface area contributed by atoms with Crippen molar-refractivity contribution < 1.29 is 50.5 Å². The molecule has 3 aromatic carbocycles. The molecule has 6 rings (SSSR count). The van der Waals surface area contributed by atoms with Crippen molar-refractivity contribution in [3.63, 3.8) is 0 Å². The number of amides is 1. The lowest BCUT2D eigenvalue weighted by molar-refractivity contribution is -0.275. The molecule has 2 heterocycles. The van der Waals surface area contributed by atoms with Gasteiger partial charge in [-0.2, -0.15) is 0 Å². The highest BCUT2D eigenvalue weighted by Crippen LogP contribution is 2.53. The summed E-state index contributed by atoms with van der Waals surface area (Å²) in [6.45, 7) is 1.66. The van der Waals surface area contributed by atoms with Gasteiger partial charge in [0.1, 0.15) is 21.9 Å². The Labute approximate surface area is 311 Å². The summed E-state index contributed by atoms with van der Waals surface area (Å²) in [7, 11) is 0.995. The van der Waals surface area contributed by atoms with Gasteiger partial charge in [-0.1, -0.05) is 23.8 Å². The summed E-state index contributed by atoms with van der Waals surface area (Å²) in [6, 6.07) is 15.6. The lowest BCUT2D eigenvalue weighted by Gasteiger charge is -2.45. The van der Waals surface area contributed by atoms with Crippen LogP contribution in [0.15, 0.2) is 84.0 Å². The number of alkyl halides is 3. The Morgan fingerprint density at radius 3 is 2.31 bits per heavy atom. The topological polar surface area (TPSA) is 136 Å². The predicted octanol–water partition coefficient (Wildman–Crippen LogP) is 5.62. The molecule has 286 valence electrons. The summed E-state index contributed by atoms with van der Waals surface area (Å²) in [4.78, 5) is 35.7. The number of likely N-dealkylation sites (N-methyl/N-ethyl adjacent to an activating group) is 1. The molecule has 1 saturated heterocycles. The van der Waals surface area contributed by atoms with Gasteiger partial charge < -0.3 is 24.2 Å². The first-order chi connectivity index (χ1) is 25.5. The molecule has 0 saturated carbocycles. The van der Waals surface area contributed by atoms with E-state index in [4.69, 9.17) is 9.47 Å². The van der Waals surface area contributed by atoms with Gasteiger partial charge in [0, 0.05) is 51.1 Å². The van der Waals surface area contributed by atoms with Crippen LogP contribution in [0.2, 0.25) is 0 Å². The first-order valence-electron chi connectivity index (χ1n) is 17.1. The minimum absolute atomic E-state index is 0.0225. The third-order valence-electron chi connectivity index (χ3n) is 10.1. The Bertz CT molecular complexity index is 2180. The number of ether oxygens (including phenoxy) is 3. The number of nitrogens with zero attached hydrogens (tertiary/aromatic N) is 3. The van der Waals surface area contributed by atoms with Gasteiger partial charge in [0.2, 0.25) is 5.91 Å². The highest BCUT2D eigenvalue weighted by atomic mass is 32.2. The average molecular weight is 768 g/mol. The Morgan fingerprint density at radius 2 is 1.67 bits per heavy atom. The van der Waals surface area contributed by atoms with E-state index in [9.17, 15) is 31.5 Å². The number of aliphatic hydroxyl groups is 1. The van der Waals surface area contributed by atoms with Crippen molar-refractivity contribution in [2.75, 3.05) is 34.9 Å². The highest BCUT2D eigenvalue weighted by Gasteiger charge is 2.58. The van der Waals surface area contributed by atoms with E-state index in [0.29, 0.717) is 16.7 Å². The number of pyridine rings is 1. The van der Waals surface area contributed by atoms with E-state index in [1.54, 1.807) is 79.9 Å². The summed E-state index contributed by atoms with van der Waals surface area (Å²) in [6.07, 6.45) is -3.88. The SMILES string of the molecule is COc1ccc(S(=O)(=O)C2CCC(=O)C(c3cc(C)ccc3OC)(N3C[C@H](O)C[C@H]3C(=O)N(C)C)c3cc(-c4ccncc4)ccc32)c(OC(F)(F)F)c1. The van der Waals surface area contributed by atoms with E-state index in [0.717, 1.165) is 17.7 Å². The van der Waals surface area contributed by atoms with Gasteiger partial charge in [-0.15, -0.1) is 13.2 Å². The van der Waals surface area contributed by atoms with Crippen LogP contribution in [0.3, 0.4) is 0 Å². The Kier molecular flexibility index (Phi) is 10.5. The number of aryl methyl sites for hydroxylation is 1. The molecule has 0 radical (unpaired) electrons. The molecule has 1 aromatic heterocycles. The molecule has 1 aliphatic heterocycles. The second-order valence-electron chi connectivity index (χ2n) is 13.6. The van der Waals surface area contributed by atoms with Crippen LogP contribution in [-0.2, 0) is 25.0 Å². The number of ketones is 1. The van der Waals surface area contributed by atoms with Gasteiger partial charge >= 0.3 is 6.36 Å². The zero-order valence-electron chi connectivity index (χ0n) is 30.3. The van der Waals surface area contributed by atoms with Crippen LogP contribution in [0.1, 0.15) is 46.8 Å². The number of methoxy groups -OCH3 is 2. The number of aliphatic hydroxyl groups excluding tert-OH is 1. The zero-order chi connectivity index (χ0) is 39.2.